The predicted octanol–water partition coefficient (Wildman–Crippen LogP) is 7.33. The molecule has 1 heterocycles. The van der Waals surface area contributed by atoms with Crippen LogP contribution in [-0.2, 0) is 28.9 Å². The number of fused-ring (bicyclic) bond motifs is 1. The van der Waals surface area contributed by atoms with Gasteiger partial charge in [-0.2, -0.15) is 18.4 Å². The molecule has 4 rings (SSSR count). The highest BCUT2D eigenvalue weighted by Crippen LogP contribution is 2.33. The number of halogens is 3. The van der Waals surface area contributed by atoms with Crippen molar-refractivity contribution in [3.05, 3.63) is 89.0 Å². The standard InChI is InChI=1S/C36H42F3N3O5/c1-35(2,3)47-34(43)42(19-21-45-31-12-7-8-13-32(31)46-26-36(37,38)39)17-14-28-22-29-15-18-41(33(29)30(23-28)24-40)16-9-20-44-25-27-10-5-4-6-11-27/h4-8,10-13,22-23H,9,14-21,25-26H2,1-3H3. The number of carbonyl (C=O) groups is 1. The third kappa shape index (κ3) is 11.4. The van der Waals surface area contributed by atoms with Gasteiger partial charge in [-0.15, -0.1) is 0 Å². The third-order valence-corrected chi connectivity index (χ3v) is 7.35. The number of alkyl halides is 3. The lowest BCUT2D eigenvalue weighted by molar-refractivity contribution is -0.153. The number of benzene rings is 3. The second-order valence-corrected chi connectivity index (χ2v) is 12.3. The van der Waals surface area contributed by atoms with Crippen LogP contribution in [0.5, 0.6) is 11.5 Å². The quantitative estimate of drug-likeness (QED) is 0.159. The Morgan fingerprint density at radius 3 is 2.32 bits per heavy atom. The molecule has 0 fully saturated rings. The van der Waals surface area contributed by atoms with Crippen LogP contribution in [-0.4, -0.2) is 68.8 Å². The zero-order chi connectivity index (χ0) is 33.9. The van der Waals surface area contributed by atoms with E-state index in [1.807, 2.05) is 36.4 Å². The maximum Gasteiger partial charge on any atom is 0.422 e. The van der Waals surface area contributed by atoms with Crippen LogP contribution in [0, 0.1) is 11.3 Å². The molecule has 0 saturated carbocycles. The molecule has 0 unspecified atom stereocenters. The average molecular weight is 654 g/mol. The fourth-order valence-corrected chi connectivity index (χ4v) is 5.27. The number of carbonyl (C=O) groups excluding carboxylic acids is 1. The van der Waals surface area contributed by atoms with Crippen molar-refractivity contribution in [3.8, 4) is 17.6 Å². The molecule has 1 aliphatic heterocycles. The second kappa shape index (κ2) is 16.4. The van der Waals surface area contributed by atoms with Crippen molar-refractivity contribution in [2.75, 3.05) is 50.9 Å². The molecule has 1 aliphatic rings. The Morgan fingerprint density at radius 1 is 0.936 bits per heavy atom. The number of anilines is 1. The summed E-state index contributed by atoms with van der Waals surface area (Å²) in [5.41, 5.74) is 3.99. The minimum atomic E-state index is -4.49. The van der Waals surface area contributed by atoms with E-state index in [-0.39, 0.29) is 31.2 Å². The van der Waals surface area contributed by atoms with E-state index >= 15 is 0 Å². The molecule has 3 aromatic carbocycles. The average Bonchev–Trinajstić information content (AvgIpc) is 3.43. The molecular weight excluding hydrogens is 611 g/mol. The van der Waals surface area contributed by atoms with Gasteiger partial charge in [0.1, 0.15) is 18.3 Å². The molecule has 0 aromatic heterocycles. The summed E-state index contributed by atoms with van der Waals surface area (Å²) in [5, 5.41) is 10.0. The third-order valence-electron chi connectivity index (χ3n) is 7.35. The topological polar surface area (TPSA) is 84.3 Å². The Hall–Kier alpha value is -4.43. The first-order valence-electron chi connectivity index (χ1n) is 15.7. The molecule has 0 N–H and O–H groups in total. The minimum absolute atomic E-state index is 0.00326. The van der Waals surface area contributed by atoms with E-state index in [2.05, 4.69) is 17.0 Å². The first kappa shape index (κ1) is 35.4. The van der Waals surface area contributed by atoms with Gasteiger partial charge in [0.05, 0.1) is 24.4 Å². The van der Waals surface area contributed by atoms with Crippen molar-refractivity contribution in [3.63, 3.8) is 0 Å². The highest BCUT2D eigenvalue weighted by molar-refractivity contribution is 5.69. The lowest BCUT2D eigenvalue weighted by Crippen LogP contribution is -2.40. The highest BCUT2D eigenvalue weighted by atomic mass is 19.4. The summed E-state index contributed by atoms with van der Waals surface area (Å²) in [4.78, 5) is 16.9. The predicted molar refractivity (Wildman–Crippen MR) is 173 cm³/mol. The van der Waals surface area contributed by atoms with Crippen LogP contribution in [0.25, 0.3) is 0 Å². The van der Waals surface area contributed by atoms with Gasteiger partial charge in [0.15, 0.2) is 18.1 Å². The number of ether oxygens (including phenoxy) is 4. The van der Waals surface area contributed by atoms with Crippen LogP contribution < -0.4 is 14.4 Å². The van der Waals surface area contributed by atoms with E-state index in [4.69, 9.17) is 18.9 Å². The van der Waals surface area contributed by atoms with Crippen molar-refractivity contribution in [2.45, 2.75) is 58.4 Å². The molecule has 11 heteroatoms. The molecule has 0 atom stereocenters. The van der Waals surface area contributed by atoms with Crippen LogP contribution in [0.4, 0.5) is 23.7 Å². The molecule has 0 spiro atoms. The number of hydrogen-bond acceptors (Lipinski definition) is 7. The monoisotopic (exact) mass is 653 g/mol. The maximum atomic E-state index is 13.1. The van der Waals surface area contributed by atoms with Crippen LogP contribution in [0.2, 0.25) is 0 Å². The van der Waals surface area contributed by atoms with Gasteiger partial charge < -0.3 is 28.7 Å². The first-order chi connectivity index (χ1) is 22.4. The normalized spacial score (nSPS) is 12.7. The number of para-hydroxylation sites is 2. The van der Waals surface area contributed by atoms with Crippen LogP contribution >= 0.6 is 0 Å². The van der Waals surface area contributed by atoms with E-state index in [9.17, 15) is 23.2 Å². The van der Waals surface area contributed by atoms with Gasteiger partial charge >= 0.3 is 12.3 Å². The molecule has 0 bridgehead atoms. The molecular formula is C36H42F3N3O5. The lowest BCUT2D eigenvalue weighted by atomic mass is 10.0. The Bertz CT molecular complexity index is 1500. The maximum absolute atomic E-state index is 13.1. The number of amides is 1. The van der Waals surface area contributed by atoms with Crippen molar-refractivity contribution in [1.82, 2.24) is 4.90 Å². The summed E-state index contributed by atoms with van der Waals surface area (Å²) in [7, 11) is 0. The smallest absolute Gasteiger partial charge is 0.422 e. The fourth-order valence-electron chi connectivity index (χ4n) is 5.27. The van der Waals surface area contributed by atoms with Gasteiger partial charge in [0.25, 0.3) is 0 Å². The Morgan fingerprint density at radius 2 is 1.64 bits per heavy atom. The molecule has 0 aliphatic carbocycles. The van der Waals surface area contributed by atoms with Crippen molar-refractivity contribution in [1.29, 1.82) is 5.26 Å². The van der Waals surface area contributed by atoms with E-state index in [0.717, 1.165) is 48.3 Å². The largest absolute Gasteiger partial charge is 0.488 e. The second-order valence-electron chi connectivity index (χ2n) is 12.3. The van der Waals surface area contributed by atoms with Crippen LogP contribution in [0.15, 0.2) is 66.7 Å². The van der Waals surface area contributed by atoms with Gasteiger partial charge in [-0.3, -0.25) is 0 Å². The van der Waals surface area contributed by atoms with E-state index in [1.165, 1.54) is 17.0 Å². The Kier molecular flexibility index (Phi) is 12.4. The van der Waals surface area contributed by atoms with Crippen molar-refractivity contribution in [2.24, 2.45) is 0 Å². The number of nitrogens with zero attached hydrogens (tertiary/aromatic N) is 3. The number of rotatable bonds is 15. The van der Waals surface area contributed by atoms with Gasteiger partial charge in [0.2, 0.25) is 0 Å². The van der Waals surface area contributed by atoms with Crippen LogP contribution in [0.3, 0.4) is 0 Å². The van der Waals surface area contributed by atoms with E-state index < -0.39 is 24.5 Å². The summed E-state index contributed by atoms with van der Waals surface area (Å²) in [6, 6.07) is 22.5. The van der Waals surface area contributed by atoms with Gasteiger partial charge in [-0.25, -0.2) is 4.79 Å². The molecule has 252 valence electrons. The summed E-state index contributed by atoms with van der Waals surface area (Å²) in [6.07, 6.45) is -2.89. The minimum Gasteiger partial charge on any atom is -0.488 e. The van der Waals surface area contributed by atoms with Crippen molar-refractivity contribution >= 4 is 11.8 Å². The SMILES string of the molecule is CC(C)(C)OC(=O)N(CCOc1ccccc1OCC(F)(F)F)CCc1cc(C#N)c2c(c1)CCN2CCCOCc1ccccc1. The summed E-state index contributed by atoms with van der Waals surface area (Å²) >= 11 is 0. The van der Waals surface area contributed by atoms with Crippen molar-refractivity contribution < 1.29 is 36.9 Å². The molecule has 47 heavy (non-hydrogen) atoms. The Labute approximate surface area is 274 Å². The van der Waals surface area contributed by atoms with Crippen LogP contribution in [0.1, 0.15) is 49.4 Å². The fraction of sp³-hybridized carbons (Fsp3) is 0.444. The summed E-state index contributed by atoms with van der Waals surface area (Å²) in [5.74, 6) is 0.107. The Balaban J connectivity index is 1.35. The van der Waals surface area contributed by atoms with Gasteiger partial charge in [-0.05, 0) is 74.9 Å². The summed E-state index contributed by atoms with van der Waals surface area (Å²) in [6.45, 7) is 7.09. The molecule has 0 saturated heterocycles. The zero-order valence-corrected chi connectivity index (χ0v) is 27.1. The van der Waals surface area contributed by atoms with E-state index in [1.54, 1.807) is 32.9 Å². The molecule has 1 amide bonds. The summed E-state index contributed by atoms with van der Waals surface area (Å²) < 4.78 is 60.2. The molecule has 3 aromatic rings. The number of hydrogen-bond donors (Lipinski definition) is 0. The first-order valence-corrected chi connectivity index (χ1v) is 15.7. The number of nitriles is 1. The lowest BCUT2D eigenvalue weighted by Gasteiger charge is -2.28. The van der Waals surface area contributed by atoms with Gasteiger partial charge in [0, 0.05) is 26.2 Å². The molecule has 0 radical (unpaired) electrons. The highest BCUT2D eigenvalue weighted by Gasteiger charge is 2.29. The molecule has 8 nitrogen and oxygen atoms in total. The van der Waals surface area contributed by atoms with E-state index in [0.29, 0.717) is 25.2 Å². The van der Waals surface area contributed by atoms with Gasteiger partial charge in [-0.1, -0.05) is 48.5 Å². The zero-order valence-electron chi connectivity index (χ0n) is 27.1.